The largest absolute Gasteiger partial charge is 0.502 e. The SMILES string of the molecule is Cc1cc(O)c([N+](=O)[O-])c(=O)n1CC(=O)OCc1ccccc1. The van der Waals surface area contributed by atoms with Gasteiger partial charge in [-0.3, -0.25) is 24.3 Å². The number of nitrogens with zero attached hydrogens (tertiary/aromatic N) is 2. The molecule has 2 aromatic rings. The minimum Gasteiger partial charge on any atom is -0.502 e. The molecular weight excluding hydrogens is 304 g/mol. The van der Waals surface area contributed by atoms with Gasteiger partial charge >= 0.3 is 17.2 Å². The summed E-state index contributed by atoms with van der Waals surface area (Å²) in [5.74, 6) is -1.44. The van der Waals surface area contributed by atoms with E-state index in [-0.39, 0.29) is 12.3 Å². The van der Waals surface area contributed by atoms with Crippen molar-refractivity contribution in [3.05, 3.63) is 68.1 Å². The van der Waals surface area contributed by atoms with Crippen LogP contribution in [-0.4, -0.2) is 20.6 Å². The summed E-state index contributed by atoms with van der Waals surface area (Å²) in [4.78, 5) is 33.7. The van der Waals surface area contributed by atoms with Crippen molar-refractivity contribution in [2.75, 3.05) is 0 Å². The summed E-state index contributed by atoms with van der Waals surface area (Å²) in [5, 5.41) is 20.3. The third-order valence-corrected chi connectivity index (χ3v) is 3.17. The maximum Gasteiger partial charge on any atom is 0.375 e. The molecule has 2 rings (SSSR count). The molecule has 0 spiro atoms. The fraction of sp³-hybridized carbons (Fsp3) is 0.200. The van der Waals surface area contributed by atoms with Crippen LogP contribution in [0.4, 0.5) is 5.69 Å². The highest BCUT2D eigenvalue weighted by Gasteiger charge is 2.23. The number of carbonyl (C=O) groups excluding carboxylic acids is 1. The molecule has 1 aromatic carbocycles. The number of hydrogen-bond donors (Lipinski definition) is 1. The molecule has 1 aromatic heterocycles. The van der Waals surface area contributed by atoms with Gasteiger partial charge in [-0.2, -0.15) is 0 Å². The molecule has 0 bridgehead atoms. The lowest BCUT2D eigenvalue weighted by Crippen LogP contribution is -2.28. The van der Waals surface area contributed by atoms with Gasteiger partial charge in [0, 0.05) is 11.8 Å². The molecule has 23 heavy (non-hydrogen) atoms. The zero-order valence-corrected chi connectivity index (χ0v) is 12.3. The highest BCUT2D eigenvalue weighted by atomic mass is 16.6. The molecule has 0 atom stereocenters. The second-order valence-electron chi connectivity index (χ2n) is 4.81. The number of aromatic nitrogens is 1. The number of aromatic hydroxyl groups is 1. The van der Waals surface area contributed by atoms with Gasteiger partial charge in [0.25, 0.3) is 0 Å². The maximum absolute atomic E-state index is 12.0. The summed E-state index contributed by atoms with van der Waals surface area (Å²) in [6.07, 6.45) is 0. The molecule has 0 saturated carbocycles. The Morgan fingerprint density at radius 2 is 2.00 bits per heavy atom. The highest BCUT2D eigenvalue weighted by Crippen LogP contribution is 2.21. The van der Waals surface area contributed by atoms with Gasteiger partial charge in [0.15, 0.2) is 0 Å². The zero-order chi connectivity index (χ0) is 17.0. The second kappa shape index (κ2) is 6.73. The van der Waals surface area contributed by atoms with E-state index in [4.69, 9.17) is 4.74 Å². The lowest BCUT2D eigenvalue weighted by atomic mass is 10.2. The molecule has 0 saturated heterocycles. The third-order valence-electron chi connectivity index (χ3n) is 3.17. The van der Waals surface area contributed by atoms with Gasteiger partial charge in [-0.1, -0.05) is 30.3 Å². The van der Waals surface area contributed by atoms with Gasteiger partial charge < -0.3 is 9.84 Å². The van der Waals surface area contributed by atoms with E-state index >= 15 is 0 Å². The van der Waals surface area contributed by atoms with E-state index in [0.717, 1.165) is 16.2 Å². The molecule has 0 aliphatic heterocycles. The monoisotopic (exact) mass is 318 g/mol. The van der Waals surface area contributed by atoms with Crippen molar-refractivity contribution in [2.45, 2.75) is 20.1 Å². The lowest BCUT2D eigenvalue weighted by molar-refractivity contribution is -0.387. The molecular formula is C15H14N2O6. The van der Waals surface area contributed by atoms with E-state index in [9.17, 15) is 24.8 Å². The second-order valence-corrected chi connectivity index (χ2v) is 4.81. The smallest absolute Gasteiger partial charge is 0.375 e. The fourth-order valence-electron chi connectivity index (χ4n) is 2.02. The average Bonchev–Trinajstić information content (AvgIpc) is 2.50. The van der Waals surface area contributed by atoms with Gasteiger partial charge in [-0.25, -0.2) is 0 Å². The number of rotatable bonds is 5. The van der Waals surface area contributed by atoms with Crippen molar-refractivity contribution < 1.29 is 19.6 Å². The van der Waals surface area contributed by atoms with Crippen molar-refractivity contribution in [3.63, 3.8) is 0 Å². The standard InChI is InChI=1S/C15H14N2O6/c1-10-7-12(18)14(17(21)22)15(20)16(10)8-13(19)23-9-11-5-3-2-4-6-11/h2-7,18H,8-9H2,1H3. The number of aryl methyl sites for hydroxylation is 1. The van der Waals surface area contributed by atoms with Gasteiger partial charge in [0.05, 0.1) is 4.92 Å². The van der Waals surface area contributed by atoms with Gasteiger partial charge in [0.1, 0.15) is 13.2 Å². The van der Waals surface area contributed by atoms with Crippen molar-refractivity contribution >= 4 is 11.7 Å². The van der Waals surface area contributed by atoms with Crippen molar-refractivity contribution in [3.8, 4) is 5.75 Å². The van der Waals surface area contributed by atoms with E-state index < -0.39 is 34.4 Å². The van der Waals surface area contributed by atoms with E-state index in [0.29, 0.717) is 0 Å². The Hall–Kier alpha value is -3.16. The molecule has 0 aliphatic rings. The Balaban J connectivity index is 2.16. The highest BCUT2D eigenvalue weighted by molar-refractivity contribution is 5.69. The first-order valence-corrected chi connectivity index (χ1v) is 6.67. The van der Waals surface area contributed by atoms with Crippen LogP contribution in [0, 0.1) is 17.0 Å². The Bertz CT molecular complexity index is 798. The number of nitro groups is 1. The number of esters is 1. The molecule has 0 aliphatic carbocycles. The zero-order valence-electron chi connectivity index (χ0n) is 12.3. The molecule has 0 amide bonds. The Morgan fingerprint density at radius 3 is 2.61 bits per heavy atom. The van der Waals surface area contributed by atoms with Crippen LogP contribution in [0.25, 0.3) is 0 Å². The van der Waals surface area contributed by atoms with Crippen molar-refractivity contribution in [1.82, 2.24) is 4.57 Å². The van der Waals surface area contributed by atoms with Crippen LogP contribution in [-0.2, 0) is 22.7 Å². The molecule has 0 fully saturated rings. The molecule has 0 radical (unpaired) electrons. The quantitative estimate of drug-likeness (QED) is 0.508. The third kappa shape index (κ3) is 3.73. The van der Waals surface area contributed by atoms with Gasteiger partial charge in [-0.05, 0) is 12.5 Å². The summed E-state index contributed by atoms with van der Waals surface area (Å²) < 4.78 is 5.94. The van der Waals surface area contributed by atoms with Crippen molar-refractivity contribution in [2.24, 2.45) is 0 Å². The summed E-state index contributed by atoms with van der Waals surface area (Å²) >= 11 is 0. The predicted octanol–water partition coefficient (Wildman–Crippen LogP) is 1.51. The Morgan fingerprint density at radius 1 is 1.35 bits per heavy atom. The molecule has 8 heteroatoms. The normalized spacial score (nSPS) is 10.3. The van der Waals surface area contributed by atoms with Crippen molar-refractivity contribution in [1.29, 1.82) is 0 Å². The van der Waals surface area contributed by atoms with E-state index in [1.54, 1.807) is 24.3 Å². The van der Waals surface area contributed by atoms with Crippen LogP contribution in [0.5, 0.6) is 5.75 Å². The Labute approximate surface area is 130 Å². The molecule has 8 nitrogen and oxygen atoms in total. The van der Waals surface area contributed by atoms with Crippen LogP contribution in [0.2, 0.25) is 0 Å². The predicted molar refractivity (Wildman–Crippen MR) is 80.0 cm³/mol. The molecule has 0 unspecified atom stereocenters. The number of carbonyl (C=O) groups is 1. The number of hydrogen-bond acceptors (Lipinski definition) is 6. The van der Waals surface area contributed by atoms with Crippen LogP contribution in [0.3, 0.4) is 0 Å². The maximum atomic E-state index is 12.0. The summed E-state index contributed by atoms with van der Waals surface area (Å²) in [6.45, 7) is 1.02. The van der Waals surface area contributed by atoms with Crippen LogP contribution in [0.1, 0.15) is 11.3 Å². The van der Waals surface area contributed by atoms with Gasteiger partial charge in [0.2, 0.25) is 5.75 Å². The first-order valence-electron chi connectivity index (χ1n) is 6.67. The average molecular weight is 318 g/mol. The fourth-order valence-corrected chi connectivity index (χ4v) is 2.02. The van der Waals surface area contributed by atoms with E-state index in [1.165, 1.54) is 6.92 Å². The van der Waals surface area contributed by atoms with Crippen LogP contribution in [0.15, 0.2) is 41.2 Å². The summed E-state index contributed by atoms with van der Waals surface area (Å²) in [5.41, 5.74) is -1.02. The molecule has 120 valence electrons. The Kier molecular flexibility index (Phi) is 4.75. The molecule has 1 heterocycles. The number of pyridine rings is 1. The topological polar surface area (TPSA) is 112 Å². The lowest BCUT2D eigenvalue weighted by Gasteiger charge is -2.10. The first-order chi connectivity index (χ1) is 10.9. The van der Waals surface area contributed by atoms with Crippen LogP contribution < -0.4 is 5.56 Å². The minimum absolute atomic E-state index is 0.0354. The number of benzene rings is 1. The number of ether oxygens (including phenoxy) is 1. The van der Waals surface area contributed by atoms with E-state index in [2.05, 4.69) is 0 Å². The first kappa shape index (κ1) is 16.2. The van der Waals surface area contributed by atoms with Crippen LogP contribution >= 0.6 is 0 Å². The van der Waals surface area contributed by atoms with E-state index in [1.807, 2.05) is 6.07 Å². The minimum atomic E-state index is -1.05. The van der Waals surface area contributed by atoms with Gasteiger partial charge in [-0.15, -0.1) is 0 Å². The summed E-state index contributed by atoms with van der Waals surface area (Å²) in [7, 11) is 0. The summed E-state index contributed by atoms with van der Waals surface area (Å²) in [6, 6.07) is 10.0. The molecule has 1 N–H and O–H groups in total.